The lowest BCUT2D eigenvalue weighted by atomic mass is 9.93. The van der Waals surface area contributed by atoms with Gasteiger partial charge in [0.2, 0.25) is 0 Å². The molecule has 0 saturated heterocycles. The first-order valence-electron chi connectivity index (χ1n) is 7.50. The average Bonchev–Trinajstić information content (AvgIpc) is 2.94. The number of hydrogen-bond donors (Lipinski definition) is 1. The van der Waals surface area contributed by atoms with Gasteiger partial charge in [-0.1, -0.05) is 38.7 Å². The van der Waals surface area contributed by atoms with Crippen LogP contribution in [-0.4, -0.2) is 6.54 Å². The van der Waals surface area contributed by atoms with Gasteiger partial charge in [0.15, 0.2) is 11.6 Å². The third-order valence-electron chi connectivity index (χ3n) is 4.12. The van der Waals surface area contributed by atoms with Gasteiger partial charge in [-0.3, -0.25) is 0 Å². The largest absolute Gasteiger partial charge is 0.310 e. The van der Waals surface area contributed by atoms with Crippen molar-refractivity contribution in [1.82, 2.24) is 5.32 Å². The van der Waals surface area contributed by atoms with Gasteiger partial charge in [-0.25, -0.2) is 8.78 Å². The molecule has 1 saturated carbocycles. The molecule has 0 amide bonds. The summed E-state index contributed by atoms with van der Waals surface area (Å²) in [5.41, 5.74) is 0.837. The summed E-state index contributed by atoms with van der Waals surface area (Å²) in [6.45, 7) is 3.00. The number of halogens is 3. The molecule has 1 aliphatic rings. The van der Waals surface area contributed by atoms with Gasteiger partial charge in [0.25, 0.3) is 0 Å². The zero-order valence-electron chi connectivity index (χ0n) is 11.9. The van der Waals surface area contributed by atoms with Crippen molar-refractivity contribution >= 4 is 15.9 Å². The van der Waals surface area contributed by atoms with Gasteiger partial charge in [0.1, 0.15) is 0 Å². The second-order valence-electron chi connectivity index (χ2n) is 5.66. The summed E-state index contributed by atoms with van der Waals surface area (Å²) in [5.74, 6) is -0.877. The highest BCUT2D eigenvalue weighted by Crippen LogP contribution is 2.36. The number of benzene rings is 1. The average molecular weight is 346 g/mol. The minimum atomic E-state index is -0.796. The number of nitrogens with one attached hydrogen (secondary N) is 1. The fourth-order valence-electron chi connectivity index (χ4n) is 3.03. The summed E-state index contributed by atoms with van der Waals surface area (Å²) < 4.78 is 27.3. The Morgan fingerprint density at radius 3 is 2.65 bits per heavy atom. The zero-order chi connectivity index (χ0) is 14.5. The Balaban J connectivity index is 2.18. The Morgan fingerprint density at radius 2 is 2.00 bits per heavy atom. The lowest BCUT2D eigenvalue weighted by Crippen LogP contribution is -2.24. The molecule has 112 valence electrons. The second-order valence-corrected chi connectivity index (χ2v) is 6.45. The zero-order valence-corrected chi connectivity index (χ0v) is 13.5. The first-order valence-corrected chi connectivity index (χ1v) is 8.29. The summed E-state index contributed by atoms with van der Waals surface area (Å²) in [5, 5.41) is 3.48. The van der Waals surface area contributed by atoms with Crippen molar-refractivity contribution < 1.29 is 8.78 Å². The van der Waals surface area contributed by atoms with Crippen LogP contribution in [0.2, 0.25) is 0 Å². The molecule has 1 aliphatic carbocycles. The Bertz CT molecular complexity index is 444. The molecule has 1 N–H and O–H groups in total. The summed E-state index contributed by atoms with van der Waals surface area (Å²) >= 11 is 3.22. The minimum absolute atomic E-state index is 0.0996. The molecule has 0 aliphatic heterocycles. The maximum Gasteiger partial charge on any atom is 0.173 e. The molecule has 0 heterocycles. The van der Waals surface area contributed by atoms with Crippen LogP contribution in [-0.2, 0) is 0 Å². The lowest BCUT2D eigenvalue weighted by Gasteiger charge is -2.23. The molecule has 1 aromatic carbocycles. The van der Waals surface area contributed by atoms with Gasteiger partial charge in [-0.15, -0.1) is 0 Å². The van der Waals surface area contributed by atoms with Gasteiger partial charge in [0.05, 0.1) is 4.47 Å². The molecule has 1 atom stereocenters. The van der Waals surface area contributed by atoms with E-state index in [4.69, 9.17) is 0 Å². The van der Waals surface area contributed by atoms with Crippen molar-refractivity contribution in [3.05, 3.63) is 33.8 Å². The molecule has 20 heavy (non-hydrogen) atoms. The van der Waals surface area contributed by atoms with E-state index in [1.54, 1.807) is 6.07 Å². The van der Waals surface area contributed by atoms with E-state index in [2.05, 4.69) is 28.2 Å². The molecule has 1 aromatic rings. The van der Waals surface area contributed by atoms with E-state index in [1.807, 2.05) is 0 Å². The highest BCUT2D eigenvalue weighted by atomic mass is 79.9. The molecule has 0 radical (unpaired) electrons. The van der Waals surface area contributed by atoms with E-state index in [0.717, 1.165) is 24.9 Å². The van der Waals surface area contributed by atoms with Crippen molar-refractivity contribution in [1.29, 1.82) is 0 Å². The van der Waals surface area contributed by atoms with Crippen molar-refractivity contribution in [2.45, 2.75) is 51.5 Å². The van der Waals surface area contributed by atoms with Crippen molar-refractivity contribution in [2.75, 3.05) is 6.54 Å². The van der Waals surface area contributed by atoms with E-state index < -0.39 is 11.6 Å². The van der Waals surface area contributed by atoms with Crippen molar-refractivity contribution in [3.8, 4) is 0 Å². The fourth-order valence-corrected chi connectivity index (χ4v) is 3.63. The summed E-state index contributed by atoms with van der Waals surface area (Å²) in [6.07, 6.45) is 7.14. The third kappa shape index (κ3) is 3.79. The van der Waals surface area contributed by atoms with Gasteiger partial charge in [-0.05, 0) is 52.9 Å². The summed E-state index contributed by atoms with van der Waals surface area (Å²) in [7, 11) is 0. The van der Waals surface area contributed by atoms with Gasteiger partial charge >= 0.3 is 0 Å². The smallest absolute Gasteiger partial charge is 0.173 e. The summed E-state index contributed by atoms with van der Waals surface area (Å²) in [4.78, 5) is 0. The molecule has 1 fully saturated rings. The standard InChI is InChI=1S/C16H22BrF2N/c1-2-9-20-14(10-11-5-3-4-6-11)12-7-8-13(18)16(19)15(12)17/h7-8,11,14,20H,2-6,9-10H2,1H3. The highest BCUT2D eigenvalue weighted by molar-refractivity contribution is 9.10. The van der Waals surface area contributed by atoms with Crippen LogP contribution in [0, 0.1) is 17.6 Å². The van der Waals surface area contributed by atoms with E-state index in [9.17, 15) is 8.78 Å². The quantitative estimate of drug-likeness (QED) is 0.685. The van der Waals surface area contributed by atoms with E-state index >= 15 is 0 Å². The van der Waals surface area contributed by atoms with Gasteiger partial charge in [0, 0.05) is 6.04 Å². The van der Waals surface area contributed by atoms with E-state index in [-0.39, 0.29) is 10.5 Å². The molecule has 4 heteroatoms. The third-order valence-corrected chi connectivity index (χ3v) is 4.93. The Morgan fingerprint density at radius 1 is 1.30 bits per heavy atom. The van der Waals surface area contributed by atoms with Crippen LogP contribution in [0.15, 0.2) is 16.6 Å². The SMILES string of the molecule is CCCNC(CC1CCCC1)c1ccc(F)c(F)c1Br. The van der Waals surface area contributed by atoms with Crippen molar-refractivity contribution in [2.24, 2.45) is 5.92 Å². The van der Waals surface area contributed by atoms with Crippen molar-refractivity contribution in [3.63, 3.8) is 0 Å². The predicted octanol–water partition coefficient (Wildman–Crippen LogP) is 5.35. The molecule has 1 nitrogen and oxygen atoms in total. The monoisotopic (exact) mass is 345 g/mol. The van der Waals surface area contributed by atoms with Gasteiger partial charge < -0.3 is 5.32 Å². The van der Waals surface area contributed by atoms with E-state index in [1.165, 1.54) is 31.7 Å². The van der Waals surface area contributed by atoms with Crippen LogP contribution in [0.1, 0.15) is 57.1 Å². The molecule has 0 aromatic heterocycles. The van der Waals surface area contributed by atoms with Crippen LogP contribution >= 0.6 is 15.9 Å². The first kappa shape index (κ1) is 15.9. The lowest BCUT2D eigenvalue weighted by molar-refractivity contribution is 0.391. The van der Waals surface area contributed by atoms with Crippen LogP contribution in [0.4, 0.5) is 8.78 Å². The molecule has 0 spiro atoms. The molecule has 2 rings (SSSR count). The Labute approximate surface area is 128 Å². The molecule has 0 bridgehead atoms. The predicted molar refractivity (Wildman–Crippen MR) is 81.7 cm³/mol. The Hall–Kier alpha value is -0.480. The van der Waals surface area contributed by atoms with Crippen LogP contribution in [0.5, 0.6) is 0 Å². The van der Waals surface area contributed by atoms with Crippen LogP contribution in [0.3, 0.4) is 0 Å². The maximum atomic E-state index is 13.7. The molecular weight excluding hydrogens is 324 g/mol. The van der Waals surface area contributed by atoms with Crippen LogP contribution in [0.25, 0.3) is 0 Å². The number of hydrogen-bond acceptors (Lipinski definition) is 1. The maximum absolute atomic E-state index is 13.7. The second kappa shape index (κ2) is 7.51. The molecule has 1 unspecified atom stereocenters. The highest BCUT2D eigenvalue weighted by Gasteiger charge is 2.24. The Kier molecular flexibility index (Phi) is 5.97. The summed E-state index contributed by atoms with van der Waals surface area (Å²) in [6, 6.07) is 3.03. The molecular formula is C16H22BrF2N. The topological polar surface area (TPSA) is 12.0 Å². The normalized spacial score (nSPS) is 17.6. The van der Waals surface area contributed by atoms with E-state index in [0.29, 0.717) is 5.92 Å². The van der Waals surface area contributed by atoms with Gasteiger partial charge in [-0.2, -0.15) is 0 Å². The first-order chi connectivity index (χ1) is 9.63. The minimum Gasteiger partial charge on any atom is -0.310 e. The van der Waals surface area contributed by atoms with Crippen LogP contribution < -0.4 is 5.32 Å². The fraction of sp³-hybridized carbons (Fsp3) is 0.625. The number of rotatable bonds is 6.